The van der Waals surface area contributed by atoms with Crippen LogP contribution in [0.25, 0.3) is 0 Å². The first-order chi connectivity index (χ1) is 9.67. The van der Waals surface area contributed by atoms with Gasteiger partial charge < -0.3 is 10.6 Å². The summed E-state index contributed by atoms with van der Waals surface area (Å²) in [6.45, 7) is 2.41. The van der Waals surface area contributed by atoms with E-state index < -0.39 is 0 Å². The minimum absolute atomic E-state index is 0.442. The predicted octanol–water partition coefficient (Wildman–Crippen LogP) is 3.62. The molecule has 0 fully saturated rings. The molecule has 6 heteroatoms. The molecule has 0 saturated carbocycles. The van der Waals surface area contributed by atoms with Gasteiger partial charge in [-0.3, -0.25) is 0 Å². The van der Waals surface area contributed by atoms with Crippen molar-refractivity contribution in [1.29, 1.82) is 5.26 Å². The first-order valence-electron chi connectivity index (χ1n) is 6.16. The van der Waals surface area contributed by atoms with Gasteiger partial charge in [0.25, 0.3) is 0 Å². The SMILES string of the molecule is Cc1nc(NCCC#N)cc(Nc2cccc(Br)c2)n1. The molecule has 1 aromatic heterocycles. The molecule has 2 aromatic rings. The summed E-state index contributed by atoms with van der Waals surface area (Å²) < 4.78 is 1.00. The van der Waals surface area contributed by atoms with Gasteiger partial charge in [-0.15, -0.1) is 0 Å². The Morgan fingerprint density at radius 1 is 1.25 bits per heavy atom. The van der Waals surface area contributed by atoms with Crippen LogP contribution in [0.15, 0.2) is 34.8 Å². The highest BCUT2D eigenvalue weighted by atomic mass is 79.9. The van der Waals surface area contributed by atoms with Crippen LogP contribution in [0.4, 0.5) is 17.3 Å². The fourth-order valence-electron chi connectivity index (χ4n) is 1.68. The number of benzene rings is 1. The molecule has 0 aliphatic carbocycles. The molecule has 0 amide bonds. The van der Waals surface area contributed by atoms with Crippen molar-refractivity contribution in [3.8, 4) is 6.07 Å². The number of nitrogens with zero attached hydrogens (tertiary/aromatic N) is 3. The quantitative estimate of drug-likeness (QED) is 0.818. The average molecular weight is 332 g/mol. The predicted molar refractivity (Wildman–Crippen MR) is 82.9 cm³/mol. The highest BCUT2D eigenvalue weighted by Gasteiger charge is 2.02. The summed E-state index contributed by atoms with van der Waals surface area (Å²) in [5.41, 5.74) is 0.945. The van der Waals surface area contributed by atoms with Gasteiger partial charge in [0.15, 0.2) is 0 Å². The van der Waals surface area contributed by atoms with Crippen molar-refractivity contribution in [3.63, 3.8) is 0 Å². The molecular formula is C14H14BrN5. The topological polar surface area (TPSA) is 73.6 Å². The normalized spacial score (nSPS) is 9.85. The summed E-state index contributed by atoms with van der Waals surface area (Å²) in [4.78, 5) is 8.63. The molecular weight excluding hydrogens is 318 g/mol. The lowest BCUT2D eigenvalue weighted by atomic mass is 10.3. The summed E-state index contributed by atoms with van der Waals surface area (Å²) in [6.07, 6.45) is 0.442. The molecule has 0 aliphatic heterocycles. The van der Waals surface area contributed by atoms with E-state index in [4.69, 9.17) is 5.26 Å². The Kier molecular flexibility index (Phi) is 4.91. The highest BCUT2D eigenvalue weighted by molar-refractivity contribution is 9.10. The molecule has 0 spiro atoms. The molecule has 1 aromatic carbocycles. The third kappa shape index (κ3) is 4.21. The smallest absolute Gasteiger partial charge is 0.136 e. The minimum atomic E-state index is 0.442. The van der Waals surface area contributed by atoms with Gasteiger partial charge in [-0.05, 0) is 25.1 Å². The van der Waals surface area contributed by atoms with Gasteiger partial charge in [-0.2, -0.15) is 5.26 Å². The third-order valence-corrected chi connectivity index (χ3v) is 2.97. The Morgan fingerprint density at radius 3 is 2.80 bits per heavy atom. The number of anilines is 3. The van der Waals surface area contributed by atoms with Gasteiger partial charge in [0, 0.05) is 22.8 Å². The summed E-state index contributed by atoms with van der Waals surface area (Å²) in [5, 5.41) is 14.9. The number of aromatic nitrogens is 2. The first-order valence-corrected chi connectivity index (χ1v) is 6.96. The molecule has 102 valence electrons. The van der Waals surface area contributed by atoms with Crippen LogP contribution in [0.3, 0.4) is 0 Å². The van der Waals surface area contributed by atoms with E-state index in [0.29, 0.717) is 24.6 Å². The maximum atomic E-state index is 8.53. The van der Waals surface area contributed by atoms with Crippen molar-refractivity contribution in [3.05, 3.63) is 40.6 Å². The van der Waals surface area contributed by atoms with Crippen LogP contribution in [-0.2, 0) is 0 Å². The van der Waals surface area contributed by atoms with Gasteiger partial charge >= 0.3 is 0 Å². The minimum Gasteiger partial charge on any atom is -0.369 e. The summed E-state index contributed by atoms with van der Waals surface area (Å²) in [6, 6.07) is 11.8. The molecule has 5 nitrogen and oxygen atoms in total. The van der Waals surface area contributed by atoms with Gasteiger partial charge in [-0.25, -0.2) is 9.97 Å². The summed E-state index contributed by atoms with van der Waals surface area (Å²) in [7, 11) is 0. The Morgan fingerprint density at radius 2 is 2.05 bits per heavy atom. The van der Waals surface area contributed by atoms with Crippen LogP contribution in [0.2, 0.25) is 0 Å². The lowest BCUT2D eigenvalue weighted by Crippen LogP contribution is -2.05. The molecule has 1 heterocycles. The zero-order chi connectivity index (χ0) is 14.4. The van der Waals surface area contributed by atoms with Crippen molar-refractivity contribution >= 4 is 33.3 Å². The number of nitriles is 1. The molecule has 0 unspecified atom stereocenters. The molecule has 0 aliphatic rings. The van der Waals surface area contributed by atoms with E-state index in [-0.39, 0.29) is 0 Å². The zero-order valence-electron chi connectivity index (χ0n) is 11.0. The average Bonchev–Trinajstić information content (AvgIpc) is 2.38. The van der Waals surface area contributed by atoms with Gasteiger partial charge in [0.2, 0.25) is 0 Å². The van der Waals surface area contributed by atoms with Crippen LogP contribution >= 0.6 is 15.9 Å². The second-order valence-electron chi connectivity index (χ2n) is 4.16. The van der Waals surface area contributed by atoms with Gasteiger partial charge in [0.05, 0.1) is 12.5 Å². The standard InChI is InChI=1S/C14H14BrN5/c1-10-18-13(17-7-3-6-16)9-14(19-10)20-12-5-2-4-11(15)8-12/h2,4-5,8-9H,3,7H2,1H3,(H2,17,18,19,20). The maximum absolute atomic E-state index is 8.53. The Labute approximate surface area is 126 Å². The highest BCUT2D eigenvalue weighted by Crippen LogP contribution is 2.20. The van der Waals surface area contributed by atoms with E-state index in [1.807, 2.05) is 37.3 Å². The van der Waals surface area contributed by atoms with Gasteiger partial charge in [0.1, 0.15) is 17.5 Å². The molecule has 2 N–H and O–H groups in total. The number of rotatable bonds is 5. The van der Waals surface area contributed by atoms with Crippen molar-refractivity contribution in [2.75, 3.05) is 17.2 Å². The van der Waals surface area contributed by atoms with Crippen LogP contribution in [0, 0.1) is 18.3 Å². The summed E-state index contributed by atoms with van der Waals surface area (Å²) in [5.74, 6) is 2.10. The molecule has 20 heavy (non-hydrogen) atoms. The number of nitrogens with one attached hydrogen (secondary N) is 2. The van der Waals surface area contributed by atoms with Crippen LogP contribution in [0.5, 0.6) is 0 Å². The lowest BCUT2D eigenvalue weighted by Gasteiger charge is -2.09. The Hall–Kier alpha value is -2.13. The van der Waals surface area contributed by atoms with E-state index in [0.717, 1.165) is 16.0 Å². The molecule has 0 radical (unpaired) electrons. The number of hydrogen-bond acceptors (Lipinski definition) is 5. The molecule has 2 rings (SSSR count). The number of hydrogen-bond donors (Lipinski definition) is 2. The van der Waals surface area contributed by atoms with E-state index in [1.165, 1.54) is 0 Å². The van der Waals surface area contributed by atoms with E-state index in [9.17, 15) is 0 Å². The third-order valence-electron chi connectivity index (χ3n) is 2.48. The largest absolute Gasteiger partial charge is 0.369 e. The van der Waals surface area contributed by atoms with E-state index >= 15 is 0 Å². The fourth-order valence-corrected chi connectivity index (χ4v) is 2.08. The molecule has 0 atom stereocenters. The van der Waals surface area contributed by atoms with E-state index in [2.05, 4.69) is 42.6 Å². The van der Waals surface area contributed by atoms with Crippen LogP contribution in [-0.4, -0.2) is 16.5 Å². The van der Waals surface area contributed by atoms with Crippen molar-refractivity contribution in [1.82, 2.24) is 9.97 Å². The second-order valence-corrected chi connectivity index (χ2v) is 5.07. The molecule has 0 saturated heterocycles. The van der Waals surface area contributed by atoms with Crippen molar-refractivity contribution in [2.45, 2.75) is 13.3 Å². The number of halogens is 1. The monoisotopic (exact) mass is 331 g/mol. The number of aryl methyl sites for hydroxylation is 1. The zero-order valence-corrected chi connectivity index (χ0v) is 12.6. The fraction of sp³-hybridized carbons (Fsp3) is 0.214. The Bertz CT molecular complexity index is 636. The first kappa shape index (κ1) is 14.3. The van der Waals surface area contributed by atoms with Crippen LogP contribution in [0.1, 0.15) is 12.2 Å². The summed E-state index contributed by atoms with van der Waals surface area (Å²) >= 11 is 3.43. The van der Waals surface area contributed by atoms with Crippen molar-refractivity contribution < 1.29 is 0 Å². The lowest BCUT2D eigenvalue weighted by molar-refractivity contribution is 1.01. The van der Waals surface area contributed by atoms with E-state index in [1.54, 1.807) is 0 Å². The van der Waals surface area contributed by atoms with Crippen LogP contribution < -0.4 is 10.6 Å². The van der Waals surface area contributed by atoms with Crippen molar-refractivity contribution in [2.24, 2.45) is 0 Å². The maximum Gasteiger partial charge on any atom is 0.136 e. The van der Waals surface area contributed by atoms with Gasteiger partial charge in [-0.1, -0.05) is 22.0 Å². The second kappa shape index (κ2) is 6.87. The molecule has 0 bridgehead atoms. The Balaban J connectivity index is 2.13.